The van der Waals surface area contributed by atoms with Gasteiger partial charge >= 0.3 is 0 Å². The first-order chi connectivity index (χ1) is 12.6. The molecule has 0 unspecified atom stereocenters. The third kappa shape index (κ3) is 3.87. The number of amides is 1. The van der Waals surface area contributed by atoms with Crippen molar-refractivity contribution in [1.29, 1.82) is 0 Å². The summed E-state index contributed by atoms with van der Waals surface area (Å²) in [7, 11) is 0. The second-order valence-corrected chi connectivity index (χ2v) is 6.34. The quantitative estimate of drug-likeness (QED) is 0.699. The van der Waals surface area contributed by atoms with Crippen LogP contribution >= 0.6 is 0 Å². The van der Waals surface area contributed by atoms with E-state index in [0.29, 0.717) is 12.8 Å². The number of carbonyl (C=O) groups is 1. The van der Waals surface area contributed by atoms with Crippen LogP contribution in [0.2, 0.25) is 0 Å². The summed E-state index contributed by atoms with van der Waals surface area (Å²) in [5.41, 5.74) is 5.00. The van der Waals surface area contributed by atoms with Gasteiger partial charge in [-0.15, -0.1) is 0 Å². The Morgan fingerprint density at radius 2 is 1.85 bits per heavy atom. The van der Waals surface area contributed by atoms with Crippen molar-refractivity contribution in [3.8, 4) is 0 Å². The van der Waals surface area contributed by atoms with Gasteiger partial charge in [-0.05, 0) is 63.6 Å². The van der Waals surface area contributed by atoms with Gasteiger partial charge in [0.2, 0.25) is 5.91 Å². The smallest absolute Gasteiger partial charge is 0.224 e. The molecule has 0 fully saturated rings. The predicted octanol–water partition coefficient (Wildman–Crippen LogP) is 4.06. The van der Waals surface area contributed by atoms with E-state index in [-0.39, 0.29) is 5.91 Å². The Kier molecular flexibility index (Phi) is 5.56. The Bertz CT molecular complexity index is 879. The first-order valence-corrected chi connectivity index (χ1v) is 9.19. The first-order valence-electron chi connectivity index (χ1n) is 9.19. The summed E-state index contributed by atoms with van der Waals surface area (Å²) in [6.07, 6.45) is 3.09. The van der Waals surface area contributed by atoms with E-state index in [1.165, 1.54) is 5.69 Å². The Labute approximate surface area is 154 Å². The fraction of sp³-hybridized carbons (Fsp3) is 0.333. The Morgan fingerprint density at radius 1 is 1.12 bits per heavy atom. The molecular formula is C21H26N4O. The Morgan fingerprint density at radius 3 is 2.54 bits per heavy atom. The van der Waals surface area contributed by atoms with Crippen LogP contribution in [0.25, 0.3) is 5.65 Å². The minimum Gasteiger partial charge on any atom is -0.372 e. The average molecular weight is 350 g/mol. The molecule has 0 radical (unpaired) electrons. The lowest BCUT2D eigenvalue weighted by atomic mass is 10.2. The summed E-state index contributed by atoms with van der Waals surface area (Å²) >= 11 is 0. The molecule has 2 heterocycles. The molecule has 3 rings (SSSR count). The van der Waals surface area contributed by atoms with Crippen LogP contribution in [0.1, 0.15) is 31.7 Å². The van der Waals surface area contributed by atoms with Gasteiger partial charge in [-0.1, -0.05) is 6.07 Å². The van der Waals surface area contributed by atoms with Crippen molar-refractivity contribution in [2.75, 3.05) is 23.3 Å². The molecule has 0 bridgehead atoms. The molecule has 2 aromatic heterocycles. The van der Waals surface area contributed by atoms with Crippen LogP contribution in [-0.2, 0) is 11.2 Å². The van der Waals surface area contributed by atoms with Crippen LogP contribution in [-0.4, -0.2) is 28.4 Å². The zero-order chi connectivity index (χ0) is 18.5. The van der Waals surface area contributed by atoms with Crippen molar-refractivity contribution >= 4 is 22.9 Å². The van der Waals surface area contributed by atoms with E-state index in [1.54, 1.807) is 0 Å². The lowest BCUT2D eigenvalue weighted by Crippen LogP contribution is -2.21. The summed E-state index contributed by atoms with van der Waals surface area (Å²) in [6.45, 7) is 8.22. The lowest BCUT2D eigenvalue weighted by Gasteiger charge is -2.21. The largest absolute Gasteiger partial charge is 0.372 e. The fourth-order valence-electron chi connectivity index (χ4n) is 3.27. The third-order valence-corrected chi connectivity index (χ3v) is 4.70. The second kappa shape index (κ2) is 8.04. The predicted molar refractivity (Wildman–Crippen MR) is 107 cm³/mol. The maximum Gasteiger partial charge on any atom is 0.224 e. The molecule has 0 aliphatic rings. The minimum atomic E-state index is 0.0193. The molecule has 5 nitrogen and oxygen atoms in total. The van der Waals surface area contributed by atoms with Gasteiger partial charge in [0.15, 0.2) is 0 Å². The number of rotatable bonds is 7. The van der Waals surface area contributed by atoms with E-state index in [4.69, 9.17) is 0 Å². The summed E-state index contributed by atoms with van der Waals surface area (Å²) in [6, 6.07) is 14.0. The zero-order valence-electron chi connectivity index (χ0n) is 15.7. The van der Waals surface area contributed by atoms with E-state index >= 15 is 0 Å². The number of nitrogens with one attached hydrogen (secondary N) is 1. The number of fused-ring (bicyclic) bond motifs is 1. The molecule has 5 heteroatoms. The highest BCUT2D eigenvalue weighted by molar-refractivity contribution is 5.91. The zero-order valence-corrected chi connectivity index (χ0v) is 15.7. The van der Waals surface area contributed by atoms with E-state index in [9.17, 15) is 4.79 Å². The fourth-order valence-corrected chi connectivity index (χ4v) is 3.27. The number of hydrogen-bond donors (Lipinski definition) is 1. The molecule has 0 atom stereocenters. The summed E-state index contributed by atoms with van der Waals surface area (Å²) in [4.78, 5) is 19.2. The number of pyridine rings is 1. The molecule has 1 amide bonds. The maximum absolute atomic E-state index is 12.3. The van der Waals surface area contributed by atoms with E-state index in [1.807, 2.05) is 43.5 Å². The highest BCUT2D eigenvalue weighted by atomic mass is 16.1. The summed E-state index contributed by atoms with van der Waals surface area (Å²) in [5, 5.41) is 2.99. The van der Waals surface area contributed by atoms with Gasteiger partial charge in [-0.25, -0.2) is 4.98 Å². The number of nitrogens with zero attached hydrogens (tertiary/aromatic N) is 3. The van der Waals surface area contributed by atoms with Crippen LogP contribution < -0.4 is 10.2 Å². The molecular weight excluding hydrogens is 324 g/mol. The SMILES string of the molecule is CCN(CC)c1ccc(NC(=O)CCc2c(C)nc3ccccn23)cc1. The van der Waals surface area contributed by atoms with Gasteiger partial charge in [0.1, 0.15) is 5.65 Å². The van der Waals surface area contributed by atoms with E-state index in [2.05, 4.69) is 45.6 Å². The van der Waals surface area contributed by atoms with Crippen molar-refractivity contribution < 1.29 is 4.79 Å². The van der Waals surface area contributed by atoms with E-state index in [0.717, 1.165) is 35.8 Å². The molecule has 0 saturated heterocycles. The number of imidazole rings is 1. The van der Waals surface area contributed by atoms with Crippen LogP contribution in [0, 0.1) is 6.92 Å². The van der Waals surface area contributed by atoms with Crippen molar-refractivity contribution in [2.24, 2.45) is 0 Å². The monoisotopic (exact) mass is 350 g/mol. The number of hydrogen-bond acceptors (Lipinski definition) is 3. The number of aryl methyl sites for hydroxylation is 2. The van der Waals surface area contributed by atoms with Crippen LogP contribution in [0.4, 0.5) is 11.4 Å². The van der Waals surface area contributed by atoms with Gasteiger partial charge in [0.05, 0.1) is 5.69 Å². The molecule has 1 aromatic carbocycles. The molecule has 0 saturated carbocycles. The van der Waals surface area contributed by atoms with Crippen LogP contribution in [0.15, 0.2) is 48.7 Å². The number of anilines is 2. The molecule has 0 aliphatic carbocycles. The second-order valence-electron chi connectivity index (χ2n) is 6.34. The molecule has 0 spiro atoms. The van der Waals surface area contributed by atoms with Gasteiger partial charge in [0.25, 0.3) is 0 Å². The lowest BCUT2D eigenvalue weighted by molar-refractivity contribution is -0.116. The van der Waals surface area contributed by atoms with E-state index < -0.39 is 0 Å². The van der Waals surface area contributed by atoms with Gasteiger partial charge in [0, 0.05) is 42.8 Å². The molecule has 1 N–H and O–H groups in total. The van der Waals surface area contributed by atoms with Gasteiger partial charge < -0.3 is 14.6 Å². The molecule has 136 valence electrons. The standard InChI is InChI=1S/C21H26N4O/c1-4-24(5-2)18-11-9-17(10-12-18)23-21(26)14-13-19-16(3)22-20-8-6-7-15-25(19)20/h6-12,15H,4-5,13-14H2,1-3H3,(H,23,26). The topological polar surface area (TPSA) is 49.6 Å². The Hall–Kier alpha value is -2.82. The van der Waals surface area contributed by atoms with Gasteiger partial charge in [-0.3, -0.25) is 4.79 Å². The summed E-state index contributed by atoms with van der Waals surface area (Å²) < 4.78 is 2.06. The van der Waals surface area contributed by atoms with Gasteiger partial charge in [-0.2, -0.15) is 0 Å². The highest BCUT2D eigenvalue weighted by Crippen LogP contribution is 2.18. The third-order valence-electron chi connectivity index (χ3n) is 4.70. The van der Waals surface area contributed by atoms with Crippen molar-refractivity contribution in [1.82, 2.24) is 9.38 Å². The van der Waals surface area contributed by atoms with Crippen molar-refractivity contribution in [3.63, 3.8) is 0 Å². The summed E-state index contributed by atoms with van der Waals surface area (Å²) in [5.74, 6) is 0.0193. The number of carbonyl (C=O) groups excluding carboxylic acids is 1. The molecule has 0 aliphatic heterocycles. The first kappa shape index (κ1) is 18.0. The highest BCUT2D eigenvalue weighted by Gasteiger charge is 2.11. The molecule has 3 aromatic rings. The van der Waals surface area contributed by atoms with Crippen LogP contribution in [0.3, 0.4) is 0 Å². The van der Waals surface area contributed by atoms with Crippen molar-refractivity contribution in [3.05, 3.63) is 60.0 Å². The van der Waals surface area contributed by atoms with Crippen molar-refractivity contribution in [2.45, 2.75) is 33.6 Å². The Balaban J connectivity index is 1.61. The van der Waals surface area contributed by atoms with Crippen LogP contribution in [0.5, 0.6) is 0 Å². The maximum atomic E-state index is 12.3. The average Bonchev–Trinajstić information content (AvgIpc) is 2.97. The molecule has 26 heavy (non-hydrogen) atoms. The normalized spacial score (nSPS) is 10.9. The number of benzene rings is 1. The minimum absolute atomic E-state index is 0.0193. The number of aromatic nitrogens is 2.